The molecule has 1 atom stereocenters. The standard InChI is InChI=1S/C13H24O3/c1-3-5-6-7-12(8-10-14)9-11-16-13(15)4-2/h10,12H,3-9,11H2,1-2H3. The van der Waals surface area contributed by atoms with Crippen molar-refractivity contribution >= 4 is 12.3 Å². The topological polar surface area (TPSA) is 43.4 Å². The van der Waals surface area contributed by atoms with Crippen LogP contribution in [0.15, 0.2) is 0 Å². The summed E-state index contributed by atoms with van der Waals surface area (Å²) < 4.78 is 5.02. The number of unbranched alkanes of at least 4 members (excludes halogenated alkanes) is 2. The summed E-state index contributed by atoms with van der Waals surface area (Å²) in [6.45, 7) is 4.40. The summed E-state index contributed by atoms with van der Waals surface area (Å²) in [4.78, 5) is 21.4. The molecule has 0 aliphatic carbocycles. The largest absolute Gasteiger partial charge is 0.466 e. The fourth-order valence-electron chi connectivity index (χ4n) is 1.64. The second kappa shape index (κ2) is 10.7. The summed E-state index contributed by atoms with van der Waals surface area (Å²) in [6, 6.07) is 0. The summed E-state index contributed by atoms with van der Waals surface area (Å²) in [5.74, 6) is 0.229. The fourth-order valence-corrected chi connectivity index (χ4v) is 1.64. The van der Waals surface area contributed by atoms with E-state index < -0.39 is 0 Å². The molecular weight excluding hydrogens is 204 g/mol. The molecule has 0 bridgehead atoms. The van der Waals surface area contributed by atoms with Gasteiger partial charge in [0.1, 0.15) is 6.29 Å². The van der Waals surface area contributed by atoms with E-state index in [-0.39, 0.29) is 5.97 Å². The molecular formula is C13H24O3. The zero-order valence-corrected chi connectivity index (χ0v) is 10.5. The van der Waals surface area contributed by atoms with E-state index in [0.29, 0.717) is 25.4 Å². The number of hydrogen-bond acceptors (Lipinski definition) is 3. The zero-order chi connectivity index (χ0) is 12.2. The molecule has 0 saturated heterocycles. The highest BCUT2D eigenvalue weighted by Crippen LogP contribution is 2.16. The smallest absolute Gasteiger partial charge is 0.305 e. The van der Waals surface area contributed by atoms with Crippen molar-refractivity contribution in [1.29, 1.82) is 0 Å². The van der Waals surface area contributed by atoms with Gasteiger partial charge in [-0.3, -0.25) is 4.79 Å². The maximum Gasteiger partial charge on any atom is 0.305 e. The number of carbonyl (C=O) groups excluding carboxylic acids is 2. The van der Waals surface area contributed by atoms with Gasteiger partial charge in [0.25, 0.3) is 0 Å². The van der Waals surface area contributed by atoms with Crippen LogP contribution in [0.25, 0.3) is 0 Å². The summed E-state index contributed by atoms with van der Waals surface area (Å²) >= 11 is 0. The van der Waals surface area contributed by atoms with E-state index in [1.807, 2.05) is 0 Å². The van der Waals surface area contributed by atoms with Gasteiger partial charge in [0.05, 0.1) is 6.61 Å². The van der Waals surface area contributed by atoms with Crippen LogP contribution in [0.3, 0.4) is 0 Å². The molecule has 0 aromatic carbocycles. The monoisotopic (exact) mass is 228 g/mol. The molecule has 0 aromatic heterocycles. The molecule has 94 valence electrons. The Labute approximate surface area is 98.6 Å². The van der Waals surface area contributed by atoms with Crippen LogP contribution in [-0.4, -0.2) is 18.9 Å². The van der Waals surface area contributed by atoms with E-state index in [1.165, 1.54) is 12.8 Å². The molecule has 0 spiro atoms. The first-order valence-electron chi connectivity index (χ1n) is 6.33. The first-order chi connectivity index (χ1) is 7.74. The third-order valence-electron chi connectivity index (χ3n) is 2.72. The van der Waals surface area contributed by atoms with Crippen LogP contribution in [0.4, 0.5) is 0 Å². The van der Waals surface area contributed by atoms with E-state index in [4.69, 9.17) is 4.74 Å². The predicted octanol–water partition coefficient (Wildman–Crippen LogP) is 3.12. The van der Waals surface area contributed by atoms with Crippen LogP contribution in [-0.2, 0) is 14.3 Å². The molecule has 0 aromatic rings. The number of aldehydes is 1. The minimum Gasteiger partial charge on any atom is -0.466 e. The van der Waals surface area contributed by atoms with Gasteiger partial charge in [-0.15, -0.1) is 0 Å². The molecule has 0 amide bonds. The first-order valence-corrected chi connectivity index (χ1v) is 6.33. The van der Waals surface area contributed by atoms with Gasteiger partial charge in [-0.25, -0.2) is 0 Å². The van der Waals surface area contributed by atoms with Gasteiger partial charge >= 0.3 is 5.97 Å². The Morgan fingerprint density at radius 1 is 1.25 bits per heavy atom. The molecule has 0 rings (SSSR count). The molecule has 16 heavy (non-hydrogen) atoms. The van der Waals surface area contributed by atoms with E-state index in [2.05, 4.69) is 6.92 Å². The highest BCUT2D eigenvalue weighted by atomic mass is 16.5. The lowest BCUT2D eigenvalue weighted by Gasteiger charge is -2.13. The number of rotatable bonds is 10. The number of ether oxygens (including phenoxy) is 1. The minimum atomic E-state index is -0.154. The van der Waals surface area contributed by atoms with Gasteiger partial charge < -0.3 is 9.53 Å². The van der Waals surface area contributed by atoms with Crippen molar-refractivity contribution in [3.63, 3.8) is 0 Å². The summed E-state index contributed by atoms with van der Waals surface area (Å²) in [5.41, 5.74) is 0. The van der Waals surface area contributed by atoms with Crippen LogP contribution in [0, 0.1) is 5.92 Å². The Hall–Kier alpha value is -0.860. The van der Waals surface area contributed by atoms with E-state index in [0.717, 1.165) is 25.5 Å². The Bertz CT molecular complexity index is 190. The van der Waals surface area contributed by atoms with Crippen molar-refractivity contribution in [3.8, 4) is 0 Å². The molecule has 0 heterocycles. The SMILES string of the molecule is CCCCCC(CC=O)CCOC(=O)CC. The van der Waals surface area contributed by atoms with Crippen molar-refractivity contribution < 1.29 is 14.3 Å². The van der Waals surface area contributed by atoms with Gasteiger partial charge in [-0.1, -0.05) is 33.1 Å². The average Bonchev–Trinajstić information content (AvgIpc) is 2.29. The van der Waals surface area contributed by atoms with Gasteiger partial charge in [-0.05, 0) is 18.8 Å². The maximum atomic E-state index is 10.9. The van der Waals surface area contributed by atoms with Crippen molar-refractivity contribution in [2.24, 2.45) is 5.92 Å². The lowest BCUT2D eigenvalue weighted by Crippen LogP contribution is -2.10. The first kappa shape index (κ1) is 15.1. The van der Waals surface area contributed by atoms with Crippen molar-refractivity contribution in [1.82, 2.24) is 0 Å². The third kappa shape index (κ3) is 8.45. The molecule has 3 heteroatoms. The number of carbonyl (C=O) groups is 2. The van der Waals surface area contributed by atoms with E-state index in [1.54, 1.807) is 6.92 Å². The highest BCUT2D eigenvalue weighted by molar-refractivity contribution is 5.68. The van der Waals surface area contributed by atoms with Crippen LogP contribution in [0.1, 0.15) is 58.8 Å². The molecule has 0 radical (unpaired) electrons. The fraction of sp³-hybridized carbons (Fsp3) is 0.846. The van der Waals surface area contributed by atoms with Crippen LogP contribution in [0.5, 0.6) is 0 Å². The lowest BCUT2D eigenvalue weighted by atomic mass is 9.95. The summed E-state index contributed by atoms with van der Waals surface area (Å²) in [6.07, 6.45) is 7.43. The Balaban J connectivity index is 3.66. The lowest BCUT2D eigenvalue weighted by molar-refractivity contribution is -0.143. The zero-order valence-electron chi connectivity index (χ0n) is 10.5. The molecule has 0 saturated carbocycles. The molecule has 3 nitrogen and oxygen atoms in total. The Morgan fingerprint density at radius 3 is 2.56 bits per heavy atom. The predicted molar refractivity (Wildman–Crippen MR) is 64.2 cm³/mol. The number of esters is 1. The summed E-state index contributed by atoms with van der Waals surface area (Å²) in [7, 11) is 0. The van der Waals surface area contributed by atoms with Gasteiger partial charge in [-0.2, -0.15) is 0 Å². The normalized spacial score (nSPS) is 12.1. The number of hydrogen-bond donors (Lipinski definition) is 0. The third-order valence-corrected chi connectivity index (χ3v) is 2.72. The van der Waals surface area contributed by atoms with Gasteiger partial charge in [0, 0.05) is 12.8 Å². The highest BCUT2D eigenvalue weighted by Gasteiger charge is 2.09. The van der Waals surface area contributed by atoms with Crippen molar-refractivity contribution in [3.05, 3.63) is 0 Å². The minimum absolute atomic E-state index is 0.154. The quantitative estimate of drug-likeness (QED) is 0.328. The molecule has 0 aliphatic rings. The summed E-state index contributed by atoms with van der Waals surface area (Å²) in [5, 5.41) is 0. The molecule has 0 N–H and O–H groups in total. The van der Waals surface area contributed by atoms with Crippen molar-refractivity contribution in [2.45, 2.75) is 58.8 Å². The van der Waals surface area contributed by atoms with E-state index >= 15 is 0 Å². The Kier molecular flexibility index (Phi) is 10.1. The van der Waals surface area contributed by atoms with Gasteiger partial charge in [0.15, 0.2) is 0 Å². The Morgan fingerprint density at radius 2 is 2.00 bits per heavy atom. The van der Waals surface area contributed by atoms with Crippen LogP contribution in [0.2, 0.25) is 0 Å². The van der Waals surface area contributed by atoms with Gasteiger partial charge in [0.2, 0.25) is 0 Å². The average molecular weight is 228 g/mol. The van der Waals surface area contributed by atoms with Crippen LogP contribution < -0.4 is 0 Å². The second-order valence-corrected chi connectivity index (χ2v) is 4.13. The van der Waals surface area contributed by atoms with E-state index in [9.17, 15) is 9.59 Å². The molecule has 0 fully saturated rings. The second-order valence-electron chi connectivity index (χ2n) is 4.13. The molecule has 1 unspecified atom stereocenters. The van der Waals surface area contributed by atoms with Crippen LogP contribution >= 0.6 is 0 Å². The van der Waals surface area contributed by atoms with Crippen molar-refractivity contribution in [2.75, 3.05) is 6.61 Å². The maximum absolute atomic E-state index is 10.9. The molecule has 0 aliphatic heterocycles.